The van der Waals surface area contributed by atoms with Crippen LogP contribution in [0.5, 0.6) is 5.88 Å². The molecule has 1 aliphatic heterocycles. The lowest BCUT2D eigenvalue weighted by Gasteiger charge is -2.33. The minimum Gasteiger partial charge on any atom is -0.474 e. The van der Waals surface area contributed by atoms with Crippen LogP contribution in [0.4, 0.5) is 13.2 Å². The van der Waals surface area contributed by atoms with Gasteiger partial charge in [-0.1, -0.05) is 6.07 Å². The summed E-state index contributed by atoms with van der Waals surface area (Å²) in [5, 5.41) is 3.35. The molecule has 1 saturated heterocycles. The summed E-state index contributed by atoms with van der Waals surface area (Å²) in [7, 11) is 0. The van der Waals surface area contributed by atoms with Crippen molar-refractivity contribution in [3.63, 3.8) is 0 Å². The summed E-state index contributed by atoms with van der Waals surface area (Å²) < 4.78 is 43.6. The SMILES string of the molecule is FC(F)(F)c1cccc(OC2CCC3(CCNCC3)C2)n1. The lowest BCUT2D eigenvalue weighted by atomic mass is 9.77. The lowest BCUT2D eigenvalue weighted by Crippen LogP contribution is -2.35. The van der Waals surface area contributed by atoms with Crippen molar-refractivity contribution in [1.29, 1.82) is 0 Å². The predicted octanol–water partition coefficient (Wildman–Crippen LogP) is 3.40. The zero-order valence-electron chi connectivity index (χ0n) is 11.7. The van der Waals surface area contributed by atoms with E-state index in [0.29, 0.717) is 5.41 Å². The minimum atomic E-state index is -4.43. The van der Waals surface area contributed by atoms with Gasteiger partial charge in [0.15, 0.2) is 0 Å². The van der Waals surface area contributed by atoms with Gasteiger partial charge in [-0.2, -0.15) is 13.2 Å². The molecular weight excluding hydrogens is 281 g/mol. The molecule has 0 amide bonds. The van der Waals surface area contributed by atoms with Crippen LogP contribution in [-0.2, 0) is 6.18 Å². The maximum Gasteiger partial charge on any atom is 0.433 e. The van der Waals surface area contributed by atoms with Gasteiger partial charge in [-0.3, -0.25) is 0 Å². The van der Waals surface area contributed by atoms with E-state index in [9.17, 15) is 13.2 Å². The summed E-state index contributed by atoms with van der Waals surface area (Å²) in [5.74, 6) is 0.0841. The van der Waals surface area contributed by atoms with Crippen molar-refractivity contribution < 1.29 is 17.9 Å². The molecule has 0 radical (unpaired) electrons. The number of ether oxygens (including phenoxy) is 1. The number of hydrogen-bond acceptors (Lipinski definition) is 3. The second-order valence-electron chi connectivity index (χ2n) is 6.09. The topological polar surface area (TPSA) is 34.1 Å². The zero-order chi connectivity index (χ0) is 14.9. The molecule has 3 nitrogen and oxygen atoms in total. The van der Waals surface area contributed by atoms with E-state index in [2.05, 4.69) is 10.3 Å². The monoisotopic (exact) mass is 300 g/mol. The lowest BCUT2D eigenvalue weighted by molar-refractivity contribution is -0.141. The molecule has 21 heavy (non-hydrogen) atoms. The van der Waals surface area contributed by atoms with Gasteiger partial charge in [0.05, 0.1) is 0 Å². The van der Waals surface area contributed by atoms with Crippen LogP contribution in [0.2, 0.25) is 0 Å². The molecule has 1 spiro atoms. The Labute approximate surface area is 121 Å². The second-order valence-corrected chi connectivity index (χ2v) is 6.09. The number of nitrogens with zero attached hydrogens (tertiary/aromatic N) is 1. The van der Waals surface area contributed by atoms with Crippen molar-refractivity contribution in [3.8, 4) is 5.88 Å². The summed E-state index contributed by atoms with van der Waals surface area (Å²) >= 11 is 0. The number of rotatable bonds is 2. The molecule has 0 aromatic carbocycles. The summed E-state index contributed by atoms with van der Waals surface area (Å²) in [6.45, 7) is 2.04. The van der Waals surface area contributed by atoms with Gasteiger partial charge in [0, 0.05) is 6.07 Å². The Kier molecular flexibility index (Phi) is 3.82. The van der Waals surface area contributed by atoms with Crippen molar-refractivity contribution in [2.75, 3.05) is 13.1 Å². The molecule has 1 N–H and O–H groups in total. The average molecular weight is 300 g/mol. The van der Waals surface area contributed by atoms with E-state index >= 15 is 0 Å². The Bertz CT molecular complexity index is 498. The van der Waals surface area contributed by atoms with Gasteiger partial charge in [-0.25, -0.2) is 4.98 Å². The second kappa shape index (κ2) is 5.48. The van der Waals surface area contributed by atoms with E-state index in [1.165, 1.54) is 12.1 Å². The molecule has 116 valence electrons. The van der Waals surface area contributed by atoms with Crippen LogP contribution < -0.4 is 10.1 Å². The van der Waals surface area contributed by atoms with Gasteiger partial charge in [0.25, 0.3) is 0 Å². The molecular formula is C15H19F3N2O. The Morgan fingerprint density at radius 2 is 1.95 bits per heavy atom. The van der Waals surface area contributed by atoms with Crippen molar-refractivity contribution in [2.45, 2.75) is 44.4 Å². The Morgan fingerprint density at radius 1 is 1.19 bits per heavy atom. The van der Waals surface area contributed by atoms with Crippen molar-refractivity contribution in [2.24, 2.45) is 5.41 Å². The first-order valence-electron chi connectivity index (χ1n) is 7.39. The van der Waals surface area contributed by atoms with Crippen LogP contribution in [-0.4, -0.2) is 24.2 Å². The van der Waals surface area contributed by atoms with Crippen molar-refractivity contribution >= 4 is 0 Å². The quantitative estimate of drug-likeness (QED) is 0.909. The summed E-state index contributed by atoms with van der Waals surface area (Å²) in [4.78, 5) is 3.58. The van der Waals surface area contributed by atoms with Gasteiger partial charge < -0.3 is 10.1 Å². The van der Waals surface area contributed by atoms with E-state index in [1.54, 1.807) is 0 Å². The fourth-order valence-corrected chi connectivity index (χ4v) is 3.48. The van der Waals surface area contributed by atoms with E-state index in [1.807, 2.05) is 0 Å². The third-order valence-corrected chi connectivity index (χ3v) is 4.62. The highest BCUT2D eigenvalue weighted by Gasteiger charge is 2.41. The highest BCUT2D eigenvalue weighted by atomic mass is 19.4. The van der Waals surface area contributed by atoms with Gasteiger partial charge in [-0.15, -0.1) is 0 Å². The Hall–Kier alpha value is -1.30. The molecule has 2 aliphatic rings. The molecule has 1 aromatic rings. The Balaban J connectivity index is 1.65. The van der Waals surface area contributed by atoms with E-state index in [4.69, 9.17) is 4.74 Å². The molecule has 1 atom stereocenters. The van der Waals surface area contributed by atoms with Crippen LogP contribution in [0.3, 0.4) is 0 Å². The average Bonchev–Trinajstić information content (AvgIpc) is 2.81. The molecule has 0 bridgehead atoms. The number of aromatic nitrogens is 1. The Morgan fingerprint density at radius 3 is 2.67 bits per heavy atom. The largest absolute Gasteiger partial charge is 0.474 e. The number of pyridine rings is 1. The third-order valence-electron chi connectivity index (χ3n) is 4.62. The molecule has 1 aliphatic carbocycles. The highest BCUT2D eigenvalue weighted by molar-refractivity contribution is 5.18. The maximum atomic E-state index is 12.6. The molecule has 1 aromatic heterocycles. The first-order valence-corrected chi connectivity index (χ1v) is 7.39. The van der Waals surface area contributed by atoms with Crippen molar-refractivity contribution in [3.05, 3.63) is 23.9 Å². The van der Waals surface area contributed by atoms with Crippen molar-refractivity contribution in [1.82, 2.24) is 10.3 Å². The van der Waals surface area contributed by atoms with Gasteiger partial charge in [-0.05, 0) is 56.7 Å². The number of piperidine rings is 1. The summed E-state index contributed by atoms with van der Waals surface area (Å²) in [6.07, 6.45) is 0.735. The predicted molar refractivity (Wildman–Crippen MR) is 72.0 cm³/mol. The fourth-order valence-electron chi connectivity index (χ4n) is 3.48. The van der Waals surface area contributed by atoms with Crippen LogP contribution in [0.25, 0.3) is 0 Å². The smallest absolute Gasteiger partial charge is 0.433 e. The maximum absolute atomic E-state index is 12.6. The number of alkyl halides is 3. The number of halogens is 3. The molecule has 2 fully saturated rings. The molecule has 3 rings (SSSR count). The van der Waals surface area contributed by atoms with Crippen LogP contribution in [0, 0.1) is 5.41 Å². The molecule has 1 saturated carbocycles. The van der Waals surface area contributed by atoms with Gasteiger partial charge >= 0.3 is 6.18 Å². The number of hydrogen-bond donors (Lipinski definition) is 1. The molecule has 6 heteroatoms. The van der Waals surface area contributed by atoms with E-state index in [0.717, 1.165) is 51.3 Å². The highest BCUT2D eigenvalue weighted by Crippen LogP contribution is 2.46. The minimum absolute atomic E-state index is 0.0147. The molecule has 2 heterocycles. The van der Waals surface area contributed by atoms with Gasteiger partial charge in [0.2, 0.25) is 5.88 Å². The first kappa shape index (κ1) is 14.6. The fraction of sp³-hybridized carbons (Fsp3) is 0.667. The standard InChI is InChI=1S/C15H19F3N2O/c16-15(17,18)12-2-1-3-13(20-12)21-11-4-5-14(10-11)6-8-19-9-7-14/h1-3,11,19H,4-10H2. The summed E-state index contributed by atoms with van der Waals surface area (Å²) in [5.41, 5.74) is -0.577. The molecule has 1 unspecified atom stereocenters. The van der Waals surface area contributed by atoms with E-state index in [-0.39, 0.29) is 12.0 Å². The van der Waals surface area contributed by atoms with Crippen LogP contribution >= 0.6 is 0 Å². The van der Waals surface area contributed by atoms with Crippen LogP contribution in [0.15, 0.2) is 18.2 Å². The third kappa shape index (κ3) is 3.31. The normalized spacial score (nSPS) is 25.2. The summed E-state index contributed by atoms with van der Waals surface area (Å²) in [6, 6.07) is 3.82. The zero-order valence-corrected chi connectivity index (χ0v) is 11.7. The van der Waals surface area contributed by atoms with E-state index < -0.39 is 11.9 Å². The van der Waals surface area contributed by atoms with Gasteiger partial charge in [0.1, 0.15) is 11.8 Å². The number of nitrogens with one attached hydrogen (secondary N) is 1. The first-order chi connectivity index (χ1) is 9.97. The van der Waals surface area contributed by atoms with Crippen LogP contribution in [0.1, 0.15) is 37.8 Å².